The first kappa shape index (κ1) is 24.9. The van der Waals surface area contributed by atoms with Gasteiger partial charge in [-0.05, 0) is 0 Å². The van der Waals surface area contributed by atoms with E-state index in [-0.39, 0.29) is 0 Å². The minimum absolute atomic E-state index is 0.581. The molecule has 12 heteroatoms. The van der Waals surface area contributed by atoms with Crippen LogP contribution in [-0.2, 0) is 51.7 Å². The Bertz CT molecular complexity index is 853. The zero-order valence-electron chi connectivity index (χ0n) is 18.9. The van der Waals surface area contributed by atoms with Gasteiger partial charge in [-0.15, -0.1) is 0 Å². The van der Waals surface area contributed by atoms with E-state index in [1.54, 1.807) is 27.7 Å². The Morgan fingerprint density at radius 3 is 1.13 bits per heavy atom. The average Bonchev–Trinajstić information content (AvgIpc) is 3.07. The zero-order valence-corrected chi connectivity index (χ0v) is 19.8. The summed E-state index contributed by atoms with van der Waals surface area (Å²) >= 11 is 0. The average molecular weight is 462 g/mol. The molecule has 1 saturated heterocycles. The number of hydrogen-bond donors (Lipinski definition) is 0. The summed E-state index contributed by atoms with van der Waals surface area (Å²) in [6, 6.07) is 0. The number of methoxy groups -OCH3 is 4. The summed E-state index contributed by atoms with van der Waals surface area (Å²) < 4.78 is 37.8. The fourth-order valence-corrected chi connectivity index (χ4v) is 8.78. The molecule has 0 aromatic carbocycles. The molecule has 2 rings (SSSR count). The molecule has 0 bridgehead atoms. The number of ether oxygens (including phenoxy) is 4. The summed E-state index contributed by atoms with van der Waals surface area (Å²) in [5.74, 6) is -4.49. The normalized spacial score (nSPS) is 23.7. The van der Waals surface area contributed by atoms with Gasteiger partial charge in [0.1, 0.15) is 0 Å². The van der Waals surface area contributed by atoms with Crippen LogP contribution in [0.4, 0.5) is 0 Å². The third kappa shape index (κ3) is 3.10. The molecular formula is C19H27O11P. The molecule has 11 nitrogen and oxygen atoms in total. The molecule has 0 saturated carbocycles. The van der Waals surface area contributed by atoms with E-state index in [9.17, 15) is 19.2 Å². The molecule has 0 radical (unpaired) electrons. The molecule has 2 heterocycles. The van der Waals surface area contributed by atoms with Gasteiger partial charge in [0.15, 0.2) is 0 Å². The summed E-state index contributed by atoms with van der Waals surface area (Å²) in [5, 5.41) is -1.16. The van der Waals surface area contributed by atoms with Gasteiger partial charge in [0.05, 0.1) is 0 Å². The van der Waals surface area contributed by atoms with Crippen molar-refractivity contribution in [1.29, 1.82) is 0 Å². The van der Waals surface area contributed by atoms with Gasteiger partial charge in [0.2, 0.25) is 0 Å². The monoisotopic (exact) mass is 462 g/mol. The number of hydrogen-bond acceptors (Lipinski definition) is 11. The van der Waals surface area contributed by atoms with Crippen molar-refractivity contribution in [2.45, 2.75) is 38.9 Å². The summed E-state index contributed by atoms with van der Waals surface area (Å²) in [4.78, 5) is 51.8. The molecule has 0 N–H and O–H groups in total. The predicted molar refractivity (Wildman–Crippen MR) is 106 cm³/mol. The van der Waals surface area contributed by atoms with Crippen molar-refractivity contribution in [3.8, 4) is 0 Å². The summed E-state index contributed by atoms with van der Waals surface area (Å²) in [6.45, 7) is 6.58. The fraction of sp³-hybridized carbons (Fsp3) is 0.579. The second-order valence-electron chi connectivity index (χ2n) is 7.68. The van der Waals surface area contributed by atoms with Gasteiger partial charge in [-0.3, -0.25) is 0 Å². The Hall–Kier alpha value is -2.33. The van der Waals surface area contributed by atoms with Crippen molar-refractivity contribution < 1.29 is 51.7 Å². The molecule has 0 aromatic heterocycles. The van der Waals surface area contributed by atoms with Gasteiger partial charge in [0.25, 0.3) is 0 Å². The molecule has 31 heavy (non-hydrogen) atoms. The maximum atomic E-state index is 13.1. The summed E-state index contributed by atoms with van der Waals surface area (Å²) in [5.41, 5.74) is -3.58. The summed E-state index contributed by atoms with van der Waals surface area (Å²) in [6.07, 6.45) is 0. The molecular weight excluding hydrogens is 435 g/mol. The third-order valence-electron chi connectivity index (χ3n) is 5.60. The van der Waals surface area contributed by atoms with Crippen LogP contribution in [0.25, 0.3) is 0 Å². The number of rotatable bonds is 5. The standard InChI is InChI=1S/C19H27O11P/c1-18(2)19(3,4)30-31(28-9,29-18)12(16(22)26-7)10(14(20)24-5)11(15(21)25-6)13(31)17(23)27-8/h1-9H3. The topological polar surface area (TPSA) is 133 Å². The molecule has 0 amide bonds. The van der Waals surface area contributed by atoms with E-state index in [0.29, 0.717) is 0 Å². The number of esters is 4. The third-order valence-corrected chi connectivity index (χ3v) is 10.2. The van der Waals surface area contributed by atoms with Gasteiger partial charge in [-0.1, -0.05) is 0 Å². The van der Waals surface area contributed by atoms with E-state index in [0.717, 1.165) is 35.5 Å². The van der Waals surface area contributed by atoms with Crippen molar-refractivity contribution in [3.05, 3.63) is 21.8 Å². The van der Waals surface area contributed by atoms with Crippen LogP contribution in [0.2, 0.25) is 0 Å². The van der Waals surface area contributed by atoms with Gasteiger partial charge >= 0.3 is 179 Å². The van der Waals surface area contributed by atoms with Crippen LogP contribution < -0.4 is 0 Å². The van der Waals surface area contributed by atoms with Gasteiger partial charge in [-0.25, -0.2) is 0 Å². The molecule has 1 fully saturated rings. The van der Waals surface area contributed by atoms with Crippen molar-refractivity contribution >= 4 is 31.2 Å². The van der Waals surface area contributed by atoms with Crippen molar-refractivity contribution in [2.24, 2.45) is 0 Å². The van der Waals surface area contributed by atoms with E-state index in [1.807, 2.05) is 0 Å². The maximum absolute atomic E-state index is 13.1. The van der Waals surface area contributed by atoms with E-state index in [4.69, 9.17) is 32.5 Å². The van der Waals surface area contributed by atoms with Crippen LogP contribution >= 0.6 is 7.28 Å². The molecule has 0 unspecified atom stereocenters. The van der Waals surface area contributed by atoms with Gasteiger partial charge in [0, 0.05) is 0 Å². The number of carbonyl (C=O) groups excluding carboxylic acids is 4. The fourth-order valence-electron chi connectivity index (χ4n) is 3.56. The Morgan fingerprint density at radius 2 is 0.903 bits per heavy atom. The van der Waals surface area contributed by atoms with E-state index >= 15 is 0 Å². The Morgan fingerprint density at radius 1 is 0.613 bits per heavy atom. The minimum atomic E-state index is -5.29. The quantitative estimate of drug-likeness (QED) is 0.336. The van der Waals surface area contributed by atoms with E-state index in [1.165, 1.54) is 0 Å². The molecule has 2 aliphatic rings. The Kier molecular flexibility index (Phi) is 6.17. The predicted octanol–water partition coefficient (Wildman–Crippen LogP) is 1.75. The second-order valence-corrected chi connectivity index (χ2v) is 11.1. The van der Waals surface area contributed by atoms with Crippen LogP contribution in [0.3, 0.4) is 0 Å². The van der Waals surface area contributed by atoms with E-state index < -0.39 is 64.1 Å². The molecule has 0 aliphatic carbocycles. The van der Waals surface area contributed by atoms with Gasteiger partial charge in [-0.2, -0.15) is 0 Å². The van der Waals surface area contributed by atoms with Crippen molar-refractivity contribution in [3.63, 3.8) is 0 Å². The van der Waals surface area contributed by atoms with Crippen LogP contribution in [0.15, 0.2) is 21.8 Å². The van der Waals surface area contributed by atoms with E-state index in [2.05, 4.69) is 0 Å². The molecule has 0 aromatic rings. The van der Waals surface area contributed by atoms with Crippen LogP contribution in [0.5, 0.6) is 0 Å². The summed E-state index contributed by atoms with van der Waals surface area (Å²) in [7, 11) is 0.0150. The Labute approximate surface area is 179 Å². The van der Waals surface area contributed by atoms with Crippen LogP contribution in [0.1, 0.15) is 27.7 Å². The molecule has 1 spiro atoms. The first-order chi connectivity index (χ1) is 14.2. The zero-order chi connectivity index (χ0) is 24.0. The first-order valence-corrected chi connectivity index (χ1v) is 11.1. The molecule has 2 aliphatic heterocycles. The van der Waals surface area contributed by atoms with Gasteiger partial charge < -0.3 is 0 Å². The number of carbonyl (C=O) groups is 4. The van der Waals surface area contributed by atoms with Crippen molar-refractivity contribution in [1.82, 2.24) is 0 Å². The molecule has 0 atom stereocenters. The molecule has 174 valence electrons. The first-order valence-electron chi connectivity index (χ1n) is 9.08. The van der Waals surface area contributed by atoms with Crippen molar-refractivity contribution in [2.75, 3.05) is 35.5 Å². The van der Waals surface area contributed by atoms with Crippen LogP contribution in [-0.4, -0.2) is 70.6 Å². The second kappa shape index (κ2) is 7.67. The van der Waals surface area contributed by atoms with Crippen LogP contribution in [0, 0.1) is 0 Å². The Balaban J connectivity index is 3.24. The SMILES string of the molecule is COC(=O)C1=C(C(=O)OC)P2(OC)(OC(C)(C)C(C)(C)O2)C(C(=O)OC)=C1C(=O)OC.